The summed E-state index contributed by atoms with van der Waals surface area (Å²) in [5.41, 5.74) is 0. The van der Waals surface area contributed by atoms with E-state index in [4.69, 9.17) is 0 Å². The fraction of sp³-hybridized carbons (Fsp3) is 0.167. The molecule has 0 amide bonds. The monoisotopic (exact) mass is 163 g/mol. The molecule has 0 aliphatic rings. The van der Waals surface area contributed by atoms with Gasteiger partial charge in [-0.1, -0.05) is 0 Å². The van der Waals surface area contributed by atoms with Crippen LogP contribution in [-0.4, -0.2) is 12.1 Å². The van der Waals surface area contributed by atoms with E-state index in [0.717, 1.165) is 7.11 Å². The molecule has 1 aromatic rings. The Kier molecular flexibility index (Phi) is 1.98. The number of aromatic nitrogens is 1. The van der Waals surface area contributed by atoms with Gasteiger partial charge in [0, 0.05) is 6.07 Å². The third-order valence-corrected chi connectivity index (χ3v) is 1.05. The summed E-state index contributed by atoms with van der Waals surface area (Å²) in [6.45, 7) is 0. The van der Waals surface area contributed by atoms with Gasteiger partial charge in [0.15, 0.2) is 11.6 Å². The lowest BCUT2D eigenvalue weighted by Crippen LogP contribution is -1.97. The molecule has 0 spiro atoms. The van der Waals surface area contributed by atoms with Crippen molar-refractivity contribution in [3.05, 3.63) is 23.6 Å². The van der Waals surface area contributed by atoms with Gasteiger partial charge in [0.2, 0.25) is 0 Å². The number of rotatable bonds is 1. The summed E-state index contributed by atoms with van der Waals surface area (Å²) in [6.07, 6.45) is 0. The summed E-state index contributed by atoms with van der Waals surface area (Å²) in [4.78, 5) is 2.85. The summed E-state index contributed by atoms with van der Waals surface area (Å²) in [6, 6.07) is 0.376. The van der Waals surface area contributed by atoms with Crippen molar-refractivity contribution in [2.24, 2.45) is 0 Å². The van der Waals surface area contributed by atoms with Crippen molar-refractivity contribution in [3.63, 3.8) is 0 Å². The van der Waals surface area contributed by atoms with Crippen LogP contribution in [0.2, 0.25) is 0 Å². The highest BCUT2D eigenvalue weighted by molar-refractivity contribution is 5.14. The highest BCUT2D eigenvalue weighted by atomic mass is 19.2. The minimum Gasteiger partial charge on any atom is -0.479 e. The molecule has 1 rings (SSSR count). The van der Waals surface area contributed by atoms with E-state index in [9.17, 15) is 13.2 Å². The van der Waals surface area contributed by atoms with E-state index >= 15 is 0 Å². The number of hydrogen-bond donors (Lipinski definition) is 0. The van der Waals surface area contributed by atoms with Gasteiger partial charge in [-0.15, -0.1) is 0 Å². The number of halogens is 3. The topological polar surface area (TPSA) is 22.1 Å². The van der Waals surface area contributed by atoms with Crippen molar-refractivity contribution in [2.75, 3.05) is 7.11 Å². The smallest absolute Gasteiger partial charge is 0.252 e. The molecule has 0 bridgehead atoms. The Balaban J connectivity index is 3.21. The predicted octanol–water partition coefficient (Wildman–Crippen LogP) is 1.51. The van der Waals surface area contributed by atoms with Crippen LogP contribution >= 0.6 is 0 Å². The van der Waals surface area contributed by atoms with Crippen LogP contribution in [0.3, 0.4) is 0 Å². The fourth-order valence-electron chi connectivity index (χ4n) is 0.572. The summed E-state index contributed by atoms with van der Waals surface area (Å²) in [5.74, 6) is -4.28. The van der Waals surface area contributed by atoms with E-state index in [2.05, 4.69) is 9.72 Å². The molecule has 0 saturated heterocycles. The zero-order valence-electron chi connectivity index (χ0n) is 5.57. The number of hydrogen-bond acceptors (Lipinski definition) is 2. The zero-order valence-corrected chi connectivity index (χ0v) is 5.57. The molecule has 0 unspecified atom stereocenters. The van der Waals surface area contributed by atoms with Crippen LogP contribution in [0.5, 0.6) is 5.88 Å². The summed E-state index contributed by atoms with van der Waals surface area (Å²) in [5, 5.41) is 0. The highest BCUT2D eigenvalue weighted by Gasteiger charge is 2.10. The molecular weight excluding hydrogens is 159 g/mol. The van der Waals surface area contributed by atoms with E-state index in [0.29, 0.717) is 6.07 Å². The molecule has 0 aliphatic heterocycles. The maximum atomic E-state index is 12.4. The van der Waals surface area contributed by atoms with Crippen LogP contribution in [0.15, 0.2) is 6.07 Å². The lowest BCUT2D eigenvalue weighted by molar-refractivity contribution is 0.348. The van der Waals surface area contributed by atoms with Gasteiger partial charge >= 0.3 is 0 Å². The molecule has 1 heterocycles. The van der Waals surface area contributed by atoms with Gasteiger partial charge in [-0.25, -0.2) is 8.78 Å². The number of pyridine rings is 1. The van der Waals surface area contributed by atoms with Gasteiger partial charge in [0.05, 0.1) is 7.11 Å². The lowest BCUT2D eigenvalue weighted by atomic mass is 10.4. The Labute approximate surface area is 60.6 Å². The standard InChI is InChI=1S/C6H4F3NO/c1-11-6-4(8)2-3(7)5(9)10-6/h2H,1H3. The molecule has 0 radical (unpaired) electrons. The van der Waals surface area contributed by atoms with Crippen LogP contribution in [0.25, 0.3) is 0 Å². The minimum absolute atomic E-state index is 0.376. The second-order valence-electron chi connectivity index (χ2n) is 1.75. The highest BCUT2D eigenvalue weighted by Crippen LogP contribution is 2.15. The fourth-order valence-corrected chi connectivity index (χ4v) is 0.572. The molecule has 0 aromatic carbocycles. The molecule has 60 valence electrons. The largest absolute Gasteiger partial charge is 0.479 e. The molecule has 0 atom stereocenters. The lowest BCUT2D eigenvalue weighted by Gasteiger charge is -1.99. The third kappa shape index (κ3) is 1.42. The second-order valence-corrected chi connectivity index (χ2v) is 1.75. The Morgan fingerprint density at radius 3 is 2.45 bits per heavy atom. The first kappa shape index (κ1) is 7.84. The molecule has 11 heavy (non-hydrogen) atoms. The normalized spacial score (nSPS) is 9.82. The maximum Gasteiger partial charge on any atom is 0.252 e. The van der Waals surface area contributed by atoms with E-state index in [1.165, 1.54) is 0 Å². The van der Waals surface area contributed by atoms with Gasteiger partial charge in [-0.05, 0) is 0 Å². The Morgan fingerprint density at radius 2 is 1.91 bits per heavy atom. The molecular formula is C6H4F3NO. The van der Waals surface area contributed by atoms with Crippen LogP contribution in [-0.2, 0) is 0 Å². The van der Waals surface area contributed by atoms with Crippen molar-refractivity contribution in [2.45, 2.75) is 0 Å². The molecule has 0 fully saturated rings. The van der Waals surface area contributed by atoms with Crippen molar-refractivity contribution in [1.82, 2.24) is 4.98 Å². The first-order valence-electron chi connectivity index (χ1n) is 2.70. The third-order valence-electron chi connectivity index (χ3n) is 1.05. The average Bonchev–Trinajstić information content (AvgIpc) is 1.97. The van der Waals surface area contributed by atoms with Crippen molar-refractivity contribution in [1.29, 1.82) is 0 Å². The zero-order chi connectivity index (χ0) is 8.43. The van der Waals surface area contributed by atoms with Gasteiger partial charge in [0.1, 0.15) is 0 Å². The first-order chi connectivity index (χ1) is 5.15. The van der Waals surface area contributed by atoms with E-state index in [1.54, 1.807) is 0 Å². The van der Waals surface area contributed by atoms with Crippen LogP contribution in [0.1, 0.15) is 0 Å². The van der Waals surface area contributed by atoms with E-state index in [-0.39, 0.29) is 0 Å². The Bertz CT molecular complexity index is 277. The van der Waals surface area contributed by atoms with Crippen molar-refractivity contribution in [3.8, 4) is 5.88 Å². The molecule has 0 N–H and O–H groups in total. The maximum absolute atomic E-state index is 12.4. The second kappa shape index (κ2) is 2.77. The average molecular weight is 163 g/mol. The van der Waals surface area contributed by atoms with E-state index in [1.807, 2.05) is 0 Å². The Hall–Kier alpha value is -1.26. The summed E-state index contributed by atoms with van der Waals surface area (Å²) >= 11 is 0. The van der Waals surface area contributed by atoms with Crippen molar-refractivity contribution >= 4 is 0 Å². The van der Waals surface area contributed by atoms with Gasteiger partial charge in [-0.2, -0.15) is 9.37 Å². The molecule has 0 aliphatic carbocycles. The number of nitrogens with zero attached hydrogens (tertiary/aromatic N) is 1. The quantitative estimate of drug-likeness (QED) is 0.585. The van der Waals surface area contributed by atoms with Crippen LogP contribution < -0.4 is 4.74 Å². The molecule has 1 aromatic heterocycles. The Morgan fingerprint density at radius 1 is 1.27 bits per heavy atom. The summed E-state index contributed by atoms with van der Waals surface area (Å²) in [7, 11) is 1.11. The van der Waals surface area contributed by atoms with Crippen LogP contribution in [0, 0.1) is 17.6 Å². The molecule has 2 nitrogen and oxygen atoms in total. The van der Waals surface area contributed by atoms with Crippen molar-refractivity contribution < 1.29 is 17.9 Å². The predicted molar refractivity (Wildman–Crippen MR) is 30.7 cm³/mol. The van der Waals surface area contributed by atoms with E-state index < -0.39 is 23.5 Å². The van der Waals surface area contributed by atoms with Crippen LogP contribution in [0.4, 0.5) is 13.2 Å². The minimum atomic E-state index is -1.37. The summed E-state index contributed by atoms with van der Waals surface area (Å²) < 4.78 is 41.1. The van der Waals surface area contributed by atoms with Gasteiger partial charge in [-0.3, -0.25) is 0 Å². The number of methoxy groups -OCH3 is 1. The van der Waals surface area contributed by atoms with Gasteiger partial charge < -0.3 is 4.74 Å². The number of ether oxygens (including phenoxy) is 1. The van der Waals surface area contributed by atoms with Gasteiger partial charge in [0.25, 0.3) is 11.8 Å². The SMILES string of the molecule is COc1nc(F)c(F)cc1F. The molecule has 0 saturated carbocycles. The molecule has 5 heteroatoms. The first-order valence-corrected chi connectivity index (χ1v) is 2.70.